The van der Waals surface area contributed by atoms with Crippen molar-refractivity contribution < 1.29 is 8.42 Å². The Labute approximate surface area is 147 Å². The van der Waals surface area contributed by atoms with Gasteiger partial charge in [0.05, 0.1) is 22.2 Å². The zero-order valence-electron chi connectivity index (χ0n) is 13.4. The van der Waals surface area contributed by atoms with E-state index in [2.05, 4.69) is 4.72 Å². The lowest BCUT2D eigenvalue weighted by Crippen LogP contribution is -2.14. The molecule has 0 spiro atoms. The van der Waals surface area contributed by atoms with Gasteiger partial charge in [0.15, 0.2) is 0 Å². The molecule has 124 valence electrons. The Morgan fingerprint density at radius 1 is 0.840 bits per heavy atom. The molecule has 0 amide bonds. The van der Waals surface area contributed by atoms with Gasteiger partial charge in [-0.05, 0) is 47.9 Å². The van der Waals surface area contributed by atoms with Crippen molar-refractivity contribution in [2.24, 2.45) is 0 Å². The van der Waals surface area contributed by atoms with Crippen LogP contribution in [0.2, 0.25) is 0 Å². The van der Waals surface area contributed by atoms with E-state index >= 15 is 0 Å². The van der Waals surface area contributed by atoms with Crippen LogP contribution < -0.4 is 4.72 Å². The average Bonchev–Trinajstić information content (AvgIpc) is 2.64. The molecule has 3 aromatic carbocycles. The van der Waals surface area contributed by atoms with Crippen molar-refractivity contribution in [1.29, 1.82) is 5.26 Å². The molecule has 0 aliphatic rings. The maximum absolute atomic E-state index is 12.6. The van der Waals surface area contributed by atoms with Crippen LogP contribution in [0.1, 0.15) is 16.7 Å². The predicted molar refractivity (Wildman–Crippen MR) is 97.7 cm³/mol. The Bertz CT molecular complexity index is 1010. The fourth-order valence-electron chi connectivity index (χ4n) is 2.50. The molecule has 4 nitrogen and oxygen atoms in total. The third-order valence-electron chi connectivity index (χ3n) is 3.79. The molecule has 0 aromatic heterocycles. The Morgan fingerprint density at radius 2 is 1.48 bits per heavy atom. The van der Waals surface area contributed by atoms with E-state index in [0.29, 0.717) is 17.7 Å². The lowest BCUT2D eigenvalue weighted by Gasteiger charge is -2.13. The van der Waals surface area contributed by atoms with Gasteiger partial charge in [0.25, 0.3) is 10.0 Å². The summed E-state index contributed by atoms with van der Waals surface area (Å²) in [6.45, 7) is 0. The maximum atomic E-state index is 12.6. The SMILES string of the molecule is N#Cc1ccc(S(=O)(=O)Nc2ccccc2Cc2ccccc2)cc1. The van der Waals surface area contributed by atoms with Crippen molar-refractivity contribution in [3.63, 3.8) is 0 Å². The Kier molecular flexibility index (Phi) is 4.82. The van der Waals surface area contributed by atoms with Crippen molar-refractivity contribution in [2.75, 3.05) is 4.72 Å². The summed E-state index contributed by atoms with van der Waals surface area (Å²) in [5.41, 5.74) is 2.97. The van der Waals surface area contributed by atoms with Crippen LogP contribution >= 0.6 is 0 Å². The Hall–Kier alpha value is -3.10. The van der Waals surface area contributed by atoms with Gasteiger partial charge in [-0.1, -0.05) is 48.5 Å². The van der Waals surface area contributed by atoms with E-state index in [0.717, 1.165) is 11.1 Å². The van der Waals surface area contributed by atoms with Crippen LogP contribution in [-0.4, -0.2) is 8.42 Å². The highest BCUT2D eigenvalue weighted by molar-refractivity contribution is 7.92. The Balaban J connectivity index is 1.88. The average molecular weight is 348 g/mol. The molecule has 3 rings (SSSR count). The van der Waals surface area contributed by atoms with Gasteiger partial charge in [0.1, 0.15) is 0 Å². The number of hydrogen-bond acceptors (Lipinski definition) is 3. The van der Waals surface area contributed by atoms with E-state index in [4.69, 9.17) is 5.26 Å². The number of rotatable bonds is 5. The summed E-state index contributed by atoms with van der Waals surface area (Å²) in [6.07, 6.45) is 0.632. The summed E-state index contributed by atoms with van der Waals surface area (Å²) in [6, 6.07) is 25.0. The van der Waals surface area contributed by atoms with E-state index in [9.17, 15) is 8.42 Å². The minimum absolute atomic E-state index is 0.126. The molecule has 0 saturated carbocycles. The normalized spacial score (nSPS) is 10.8. The third kappa shape index (κ3) is 4.06. The summed E-state index contributed by atoms with van der Waals surface area (Å²) >= 11 is 0. The van der Waals surface area contributed by atoms with Gasteiger partial charge in [0, 0.05) is 0 Å². The van der Waals surface area contributed by atoms with E-state index in [-0.39, 0.29) is 4.90 Å². The minimum Gasteiger partial charge on any atom is -0.279 e. The molecule has 0 aliphatic heterocycles. The fourth-order valence-corrected chi connectivity index (χ4v) is 3.60. The number of sulfonamides is 1. The first-order chi connectivity index (χ1) is 12.1. The number of nitrogens with one attached hydrogen (secondary N) is 1. The van der Waals surface area contributed by atoms with Crippen molar-refractivity contribution in [3.05, 3.63) is 95.6 Å². The summed E-state index contributed by atoms with van der Waals surface area (Å²) in [5.74, 6) is 0. The number of hydrogen-bond donors (Lipinski definition) is 1. The summed E-state index contributed by atoms with van der Waals surface area (Å²) in [4.78, 5) is 0.126. The molecule has 3 aromatic rings. The topological polar surface area (TPSA) is 70.0 Å². The zero-order valence-corrected chi connectivity index (χ0v) is 14.2. The van der Waals surface area contributed by atoms with Gasteiger partial charge < -0.3 is 0 Å². The monoisotopic (exact) mass is 348 g/mol. The van der Waals surface area contributed by atoms with E-state index < -0.39 is 10.0 Å². The molecule has 0 radical (unpaired) electrons. The van der Waals surface area contributed by atoms with E-state index in [1.807, 2.05) is 48.5 Å². The zero-order chi connectivity index (χ0) is 17.7. The molecule has 0 atom stereocenters. The predicted octanol–water partition coefficient (Wildman–Crippen LogP) is 3.95. The van der Waals surface area contributed by atoms with Crippen LogP contribution in [0.3, 0.4) is 0 Å². The Morgan fingerprint density at radius 3 is 2.16 bits per heavy atom. The molecule has 0 saturated heterocycles. The molecule has 0 fully saturated rings. The molecule has 25 heavy (non-hydrogen) atoms. The quantitative estimate of drug-likeness (QED) is 0.759. The standard InChI is InChI=1S/C20H16N2O2S/c21-15-17-10-12-19(13-11-17)25(23,24)22-20-9-5-4-8-18(20)14-16-6-2-1-3-7-16/h1-13,22H,14H2. The number of benzene rings is 3. The molecule has 0 heterocycles. The highest BCUT2D eigenvalue weighted by Crippen LogP contribution is 2.22. The molecular weight excluding hydrogens is 332 g/mol. The molecule has 0 aliphatic carbocycles. The first kappa shape index (κ1) is 16.7. The van der Waals surface area contributed by atoms with Gasteiger partial charge in [-0.15, -0.1) is 0 Å². The minimum atomic E-state index is -3.71. The second kappa shape index (κ2) is 7.20. The first-order valence-electron chi connectivity index (χ1n) is 7.73. The molecule has 5 heteroatoms. The first-order valence-corrected chi connectivity index (χ1v) is 9.21. The van der Waals surface area contributed by atoms with Crippen molar-refractivity contribution in [1.82, 2.24) is 0 Å². The largest absolute Gasteiger partial charge is 0.279 e. The van der Waals surface area contributed by atoms with Gasteiger partial charge in [-0.3, -0.25) is 4.72 Å². The molecular formula is C20H16N2O2S. The fraction of sp³-hybridized carbons (Fsp3) is 0.0500. The van der Waals surface area contributed by atoms with Crippen LogP contribution in [0.4, 0.5) is 5.69 Å². The second-order valence-electron chi connectivity index (χ2n) is 5.56. The lowest BCUT2D eigenvalue weighted by atomic mass is 10.0. The lowest BCUT2D eigenvalue weighted by molar-refractivity contribution is 0.601. The highest BCUT2D eigenvalue weighted by atomic mass is 32.2. The molecule has 1 N–H and O–H groups in total. The van der Waals surface area contributed by atoms with Crippen LogP contribution in [0.5, 0.6) is 0 Å². The van der Waals surface area contributed by atoms with E-state index in [1.165, 1.54) is 24.3 Å². The van der Waals surface area contributed by atoms with E-state index in [1.54, 1.807) is 12.1 Å². The summed E-state index contributed by atoms with van der Waals surface area (Å²) in [7, 11) is -3.71. The number of anilines is 1. The van der Waals surface area contributed by atoms with Gasteiger partial charge >= 0.3 is 0 Å². The molecule has 0 unspecified atom stereocenters. The van der Waals surface area contributed by atoms with Crippen LogP contribution in [0, 0.1) is 11.3 Å². The van der Waals surface area contributed by atoms with Crippen molar-refractivity contribution in [2.45, 2.75) is 11.3 Å². The maximum Gasteiger partial charge on any atom is 0.261 e. The van der Waals surface area contributed by atoms with Gasteiger partial charge in [-0.2, -0.15) is 5.26 Å². The number of nitrogens with zero attached hydrogens (tertiary/aromatic N) is 1. The second-order valence-corrected chi connectivity index (χ2v) is 7.24. The van der Waals surface area contributed by atoms with Crippen molar-refractivity contribution >= 4 is 15.7 Å². The smallest absolute Gasteiger partial charge is 0.261 e. The highest BCUT2D eigenvalue weighted by Gasteiger charge is 2.16. The molecule has 0 bridgehead atoms. The number of para-hydroxylation sites is 1. The van der Waals surface area contributed by atoms with Crippen molar-refractivity contribution in [3.8, 4) is 6.07 Å². The van der Waals surface area contributed by atoms with Gasteiger partial charge in [0.2, 0.25) is 0 Å². The van der Waals surface area contributed by atoms with Crippen LogP contribution in [-0.2, 0) is 16.4 Å². The number of nitriles is 1. The third-order valence-corrected chi connectivity index (χ3v) is 5.17. The van der Waals surface area contributed by atoms with Gasteiger partial charge in [-0.25, -0.2) is 8.42 Å². The van der Waals surface area contributed by atoms with Crippen LogP contribution in [0.25, 0.3) is 0 Å². The van der Waals surface area contributed by atoms with Crippen LogP contribution in [0.15, 0.2) is 83.8 Å². The summed E-state index contributed by atoms with van der Waals surface area (Å²) in [5, 5.41) is 8.83. The summed E-state index contributed by atoms with van der Waals surface area (Å²) < 4.78 is 27.9.